The molecule has 0 aromatic heterocycles. The van der Waals surface area contributed by atoms with Gasteiger partial charge in [0.15, 0.2) is 5.78 Å². The number of halogens is 5. The van der Waals surface area contributed by atoms with Crippen molar-refractivity contribution in [2.24, 2.45) is 11.3 Å². The summed E-state index contributed by atoms with van der Waals surface area (Å²) in [6, 6.07) is 9.55. The van der Waals surface area contributed by atoms with Gasteiger partial charge in [0.05, 0.1) is 34.0 Å². The minimum absolute atomic E-state index is 0.0781. The van der Waals surface area contributed by atoms with Crippen LogP contribution in [0.5, 0.6) is 5.75 Å². The first-order chi connectivity index (χ1) is 15.5. The van der Waals surface area contributed by atoms with Gasteiger partial charge in [0.1, 0.15) is 15.9 Å². The van der Waals surface area contributed by atoms with Crippen molar-refractivity contribution in [3.63, 3.8) is 0 Å². The van der Waals surface area contributed by atoms with E-state index in [2.05, 4.69) is 27.3 Å². The molecule has 2 aliphatic rings. The Balaban J connectivity index is 1.52. The summed E-state index contributed by atoms with van der Waals surface area (Å²) < 4.78 is 18.1. The Kier molecular flexibility index (Phi) is 6.43. The molecule has 2 saturated carbocycles. The van der Waals surface area contributed by atoms with E-state index in [1.54, 1.807) is 12.1 Å². The van der Waals surface area contributed by atoms with Gasteiger partial charge in [-0.05, 0) is 64.7 Å². The number of hydrogen-bond acceptors (Lipinski definition) is 4. The summed E-state index contributed by atoms with van der Waals surface area (Å²) in [7, 11) is 1.40. The van der Waals surface area contributed by atoms with Crippen LogP contribution in [0.3, 0.4) is 0 Å². The highest BCUT2D eigenvalue weighted by atomic mass is 79.9. The smallest absolute Gasteiger partial charge is 0.231 e. The maximum absolute atomic E-state index is 14.3. The monoisotopic (exact) mass is 572 g/mol. The SMILES string of the molecule is COc1cc(C2C(C(=O)Nc3ccc(Cl)c(C(=O)CC4(C#N)CC4)c3)C2(Cl)Cl)cc(F)c1Br. The number of ketones is 1. The van der Waals surface area contributed by atoms with Gasteiger partial charge in [-0.15, -0.1) is 23.2 Å². The molecule has 2 aromatic carbocycles. The molecule has 0 aliphatic heterocycles. The van der Waals surface area contributed by atoms with Crippen molar-refractivity contribution < 1.29 is 18.7 Å². The Labute approximate surface area is 213 Å². The molecule has 2 fully saturated rings. The zero-order valence-electron chi connectivity index (χ0n) is 17.2. The van der Waals surface area contributed by atoms with Crippen molar-refractivity contribution in [2.75, 3.05) is 12.4 Å². The molecule has 4 rings (SSSR count). The van der Waals surface area contributed by atoms with Crippen LogP contribution in [0.2, 0.25) is 5.02 Å². The second kappa shape index (κ2) is 8.74. The fourth-order valence-corrected chi connectivity index (χ4v) is 5.34. The third-order valence-corrected chi connectivity index (χ3v) is 8.10. The fraction of sp³-hybridized carbons (Fsp3) is 0.348. The Morgan fingerprint density at radius 2 is 2.00 bits per heavy atom. The summed E-state index contributed by atoms with van der Waals surface area (Å²) >= 11 is 22.1. The van der Waals surface area contributed by atoms with E-state index in [0.29, 0.717) is 24.1 Å². The highest BCUT2D eigenvalue weighted by Crippen LogP contribution is 2.65. The second-order valence-corrected chi connectivity index (χ2v) is 11.0. The number of amides is 1. The van der Waals surface area contributed by atoms with Crippen molar-refractivity contribution in [3.05, 3.63) is 56.8 Å². The van der Waals surface area contributed by atoms with Gasteiger partial charge in [-0.25, -0.2) is 4.39 Å². The number of nitriles is 1. The molecule has 0 heterocycles. The molecule has 172 valence electrons. The van der Waals surface area contributed by atoms with Crippen molar-refractivity contribution in [2.45, 2.75) is 29.5 Å². The van der Waals surface area contributed by atoms with Gasteiger partial charge >= 0.3 is 0 Å². The van der Waals surface area contributed by atoms with E-state index in [0.717, 1.165) is 0 Å². The third-order valence-electron chi connectivity index (χ3n) is 6.06. The van der Waals surface area contributed by atoms with Crippen LogP contribution in [0, 0.1) is 28.5 Å². The first-order valence-electron chi connectivity index (χ1n) is 9.98. The standard InChI is InChI=1S/C23H17BrCl3FN2O3/c1-33-17-7-11(6-15(28)20(17)24)18-19(23(18,26)27)21(32)30-12-2-3-14(25)13(8-12)16(31)9-22(10-29)4-5-22/h2-3,6-8,18-19H,4-5,9H2,1H3,(H,30,32). The summed E-state index contributed by atoms with van der Waals surface area (Å²) in [5.41, 5.74) is 0.379. The van der Waals surface area contributed by atoms with E-state index >= 15 is 0 Å². The Bertz CT molecular complexity index is 1210. The quantitative estimate of drug-likeness (QED) is 0.297. The number of nitrogens with zero attached hydrogens (tertiary/aromatic N) is 1. The van der Waals surface area contributed by atoms with E-state index in [1.165, 1.54) is 25.3 Å². The number of carbonyl (C=O) groups is 2. The molecule has 5 nitrogen and oxygen atoms in total. The lowest BCUT2D eigenvalue weighted by atomic mass is 9.96. The molecule has 0 spiro atoms. The maximum Gasteiger partial charge on any atom is 0.231 e. The van der Waals surface area contributed by atoms with Gasteiger partial charge in [0, 0.05) is 23.6 Å². The minimum Gasteiger partial charge on any atom is -0.495 e. The van der Waals surface area contributed by atoms with Crippen LogP contribution >= 0.6 is 50.7 Å². The second-order valence-electron chi connectivity index (χ2n) is 8.32. The molecular formula is C23H17BrCl3FN2O3. The molecule has 10 heteroatoms. The van der Waals surface area contributed by atoms with Gasteiger partial charge in [0.25, 0.3) is 0 Å². The van der Waals surface area contributed by atoms with Crippen LogP contribution < -0.4 is 10.1 Å². The molecule has 2 unspecified atom stereocenters. The molecule has 1 N–H and O–H groups in total. The van der Waals surface area contributed by atoms with Gasteiger partial charge in [-0.3, -0.25) is 9.59 Å². The number of ether oxygens (including phenoxy) is 1. The van der Waals surface area contributed by atoms with Gasteiger partial charge < -0.3 is 10.1 Å². The molecule has 1 amide bonds. The Hall–Kier alpha value is -1.85. The largest absolute Gasteiger partial charge is 0.495 e. The number of Topliss-reactive ketones (excluding diaryl/α,β-unsaturated/α-hetero) is 1. The third kappa shape index (κ3) is 4.59. The van der Waals surface area contributed by atoms with E-state index < -0.39 is 33.3 Å². The maximum atomic E-state index is 14.3. The molecular weight excluding hydrogens is 558 g/mol. The minimum atomic E-state index is -1.44. The molecule has 0 bridgehead atoms. The van der Waals surface area contributed by atoms with Gasteiger partial charge in [0.2, 0.25) is 5.91 Å². The molecule has 2 aromatic rings. The normalized spacial score (nSPS) is 21.6. The molecule has 0 saturated heterocycles. The van der Waals surface area contributed by atoms with Gasteiger partial charge in [-0.2, -0.15) is 5.26 Å². The average Bonchev–Trinajstić information content (AvgIpc) is 3.66. The average molecular weight is 575 g/mol. The van der Waals surface area contributed by atoms with E-state index in [9.17, 15) is 19.2 Å². The van der Waals surface area contributed by atoms with Crippen molar-refractivity contribution >= 4 is 68.1 Å². The Morgan fingerprint density at radius 1 is 1.30 bits per heavy atom. The first-order valence-corrected chi connectivity index (χ1v) is 11.9. The van der Waals surface area contributed by atoms with Crippen molar-refractivity contribution in [1.82, 2.24) is 0 Å². The molecule has 2 aliphatic carbocycles. The van der Waals surface area contributed by atoms with Crippen molar-refractivity contribution in [1.29, 1.82) is 5.26 Å². The first kappa shape index (κ1) is 24.3. The zero-order chi connectivity index (χ0) is 24.1. The zero-order valence-corrected chi connectivity index (χ0v) is 21.1. The van der Waals surface area contributed by atoms with Crippen LogP contribution in [0.15, 0.2) is 34.8 Å². The number of alkyl halides is 2. The lowest BCUT2D eigenvalue weighted by molar-refractivity contribution is -0.117. The van der Waals surface area contributed by atoms with Crippen LogP contribution in [0.1, 0.15) is 41.1 Å². The number of methoxy groups -OCH3 is 1. The fourth-order valence-electron chi connectivity index (χ4n) is 3.90. The topological polar surface area (TPSA) is 79.2 Å². The Morgan fingerprint density at radius 3 is 2.61 bits per heavy atom. The number of carbonyl (C=O) groups excluding carboxylic acids is 2. The highest BCUT2D eigenvalue weighted by molar-refractivity contribution is 9.10. The van der Waals surface area contributed by atoms with Crippen LogP contribution in [0.4, 0.5) is 10.1 Å². The predicted octanol–water partition coefficient (Wildman–Crippen LogP) is 6.65. The number of nitrogens with one attached hydrogen (secondary N) is 1. The summed E-state index contributed by atoms with van der Waals surface area (Å²) in [4.78, 5) is 25.6. The summed E-state index contributed by atoms with van der Waals surface area (Å²) in [6.07, 6.45) is 1.44. The van der Waals surface area contributed by atoms with Crippen LogP contribution in [0.25, 0.3) is 0 Å². The molecule has 0 radical (unpaired) electrons. The van der Waals surface area contributed by atoms with Crippen molar-refractivity contribution in [3.8, 4) is 11.8 Å². The lowest BCUT2D eigenvalue weighted by Gasteiger charge is -2.10. The summed E-state index contributed by atoms with van der Waals surface area (Å²) in [6.45, 7) is 0. The number of anilines is 1. The highest BCUT2D eigenvalue weighted by Gasteiger charge is 2.67. The molecule has 33 heavy (non-hydrogen) atoms. The van der Waals surface area contributed by atoms with Gasteiger partial charge in [-0.1, -0.05) is 11.6 Å². The number of rotatable bonds is 7. The van der Waals surface area contributed by atoms with Crippen LogP contribution in [-0.2, 0) is 4.79 Å². The van der Waals surface area contributed by atoms with Crippen LogP contribution in [-0.4, -0.2) is 23.1 Å². The number of hydrogen-bond donors (Lipinski definition) is 1. The molecule has 2 atom stereocenters. The summed E-state index contributed by atoms with van der Waals surface area (Å²) in [5, 5.41) is 12.2. The van der Waals surface area contributed by atoms with E-state index in [1.807, 2.05) is 0 Å². The van der Waals surface area contributed by atoms with E-state index in [4.69, 9.17) is 39.5 Å². The summed E-state index contributed by atoms with van der Waals surface area (Å²) in [5.74, 6) is -2.56. The predicted molar refractivity (Wildman–Crippen MR) is 128 cm³/mol. The number of benzene rings is 2. The lowest BCUT2D eigenvalue weighted by Crippen LogP contribution is -2.17. The van der Waals surface area contributed by atoms with E-state index in [-0.39, 0.29) is 33.0 Å².